The van der Waals surface area contributed by atoms with E-state index in [0.29, 0.717) is 13.0 Å². The summed E-state index contributed by atoms with van der Waals surface area (Å²) >= 11 is 0. The van der Waals surface area contributed by atoms with Crippen molar-refractivity contribution in [1.29, 1.82) is 0 Å². The van der Waals surface area contributed by atoms with Gasteiger partial charge in [0.1, 0.15) is 5.84 Å². The first-order chi connectivity index (χ1) is 6.24. The number of amidine groups is 1. The lowest BCUT2D eigenvalue weighted by molar-refractivity contribution is 0.315. The van der Waals surface area contributed by atoms with Crippen molar-refractivity contribution < 1.29 is 5.21 Å². The van der Waals surface area contributed by atoms with Crippen LogP contribution in [-0.2, 0) is 0 Å². The summed E-state index contributed by atoms with van der Waals surface area (Å²) in [6.45, 7) is 4.49. The van der Waals surface area contributed by atoms with Gasteiger partial charge in [0.2, 0.25) is 0 Å². The summed E-state index contributed by atoms with van der Waals surface area (Å²) in [5, 5.41) is 14.5. The molecule has 0 rings (SSSR count). The van der Waals surface area contributed by atoms with Gasteiger partial charge >= 0.3 is 0 Å². The number of hydrogen-bond acceptors (Lipinski definition) is 3. The Balaban J connectivity index is 3.80. The zero-order chi connectivity index (χ0) is 10.1. The van der Waals surface area contributed by atoms with Crippen molar-refractivity contribution in [2.45, 2.75) is 32.7 Å². The van der Waals surface area contributed by atoms with E-state index in [2.05, 4.69) is 22.3 Å². The van der Waals surface area contributed by atoms with Gasteiger partial charge in [-0.2, -0.15) is 0 Å². The van der Waals surface area contributed by atoms with Gasteiger partial charge < -0.3 is 16.3 Å². The highest BCUT2D eigenvalue weighted by Crippen LogP contribution is 1.96. The molecule has 0 bridgehead atoms. The predicted molar refractivity (Wildman–Crippen MR) is 53.6 cm³/mol. The second kappa shape index (κ2) is 7.44. The molecular weight excluding hydrogens is 166 g/mol. The minimum absolute atomic E-state index is 0.233. The molecule has 0 aliphatic rings. The molecule has 0 fully saturated rings. The standard InChI is InChI=1S/C9H17N3O/c1-3-5-6-11-8(4-2)7-9(10)12-13/h8,11,13H,4,6-7H2,1-2H3,(H2,10,12). The average molecular weight is 183 g/mol. The van der Waals surface area contributed by atoms with Crippen LogP contribution in [0.2, 0.25) is 0 Å². The number of hydrogen-bond donors (Lipinski definition) is 3. The second-order valence-corrected chi connectivity index (χ2v) is 2.71. The molecule has 74 valence electrons. The van der Waals surface area contributed by atoms with E-state index in [0.717, 1.165) is 6.42 Å². The van der Waals surface area contributed by atoms with Crippen LogP contribution < -0.4 is 11.1 Å². The third kappa shape index (κ3) is 6.00. The quantitative estimate of drug-likeness (QED) is 0.191. The van der Waals surface area contributed by atoms with Gasteiger partial charge in [-0.05, 0) is 13.3 Å². The van der Waals surface area contributed by atoms with Crippen molar-refractivity contribution in [3.05, 3.63) is 0 Å². The minimum atomic E-state index is 0.233. The lowest BCUT2D eigenvalue weighted by atomic mass is 10.1. The third-order valence-electron chi connectivity index (χ3n) is 1.73. The van der Waals surface area contributed by atoms with E-state index in [1.54, 1.807) is 6.92 Å². The monoisotopic (exact) mass is 183 g/mol. The molecule has 4 heteroatoms. The van der Waals surface area contributed by atoms with Crippen LogP contribution in [0.25, 0.3) is 0 Å². The smallest absolute Gasteiger partial charge is 0.140 e. The van der Waals surface area contributed by atoms with E-state index in [-0.39, 0.29) is 11.9 Å². The Kier molecular flexibility index (Phi) is 6.75. The fourth-order valence-electron chi connectivity index (χ4n) is 0.938. The van der Waals surface area contributed by atoms with E-state index in [1.165, 1.54) is 0 Å². The van der Waals surface area contributed by atoms with Crippen LogP contribution >= 0.6 is 0 Å². The SMILES string of the molecule is CC#CCNC(CC)CC(N)=NO. The maximum absolute atomic E-state index is 8.36. The number of nitrogens with two attached hydrogens (primary N) is 1. The molecule has 0 aromatic carbocycles. The zero-order valence-corrected chi connectivity index (χ0v) is 8.17. The molecule has 0 saturated heterocycles. The maximum atomic E-state index is 8.36. The van der Waals surface area contributed by atoms with Gasteiger partial charge in [-0.25, -0.2) is 0 Å². The molecule has 4 N–H and O–H groups in total. The molecule has 1 atom stereocenters. The van der Waals surface area contributed by atoms with Crippen molar-refractivity contribution in [1.82, 2.24) is 5.32 Å². The summed E-state index contributed by atoms with van der Waals surface area (Å²) in [5.41, 5.74) is 5.38. The van der Waals surface area contributed by atoms with Crippen molar-refractivity contribution in [2.75, 3.05) is 6.54 Å². The molecule has 0 aromatic heterocycles. The fourth-order valence-corrected chi connectivity index (χ4v) is 0.938. The molecule has 4 nitrogen and oxygen atoms in total. The first-order valence-electron chi connectivity index (χ1n) is 4.34. The lowest BCUT2D eigenvalue weighted by Crippen LogP contribution is -2.33. The molecule has 0 aromatic rings. The largest absolute Gasteiger partial charge is 0.409 e. The van der Waals surface area contributed by atoms with E-state index in [4.69, 9.17) is 10.9 Å². The Morgan fingerprint density at radius 3 is 2.85 bits per heavy atom. The molecule has 0 aliphatic carbocycles. The highest BCUT2D eigenvalue weighted by Gasteiger charge is 2.06. The summed E-state index contributed by atoms with van der Waals surface area (Å²) in [5.74, 6) is 5.94. The lowest BCUT2D eigenvalue weighted by Gasteiger charge is -2.13. The highest BCUT2D eigenvalue weighted by molar-refractivity contribution is 5.80. The van der Waals surface area contributed by atoms with Crippen LogP contribution in [0.1, 0.15) is 26.7 Å². The predicted octanol–water partition coefficient (Wildman–Crippen LogP) is 0.514. The molecule has 0 spiro atoms. The summed E-state index contributed by atoms with van der Waals surface area (Å²) in [7, 11) is 0. The molecule has 0 radical (unpaired) electrons. The Morgan fingerprint density at radius 2 is 2.38 bits per heavy atom. The Labute approximate surface area is 79.2 Å². The molecule has 1 unspecified atom stereocenters. The molecular formula is C9H17N3O. The maximum Gasteiger partial charge on any atom is 0.140 e. The zero-order valence-electron chi connectivity index (χ0n) is 8.17. The molecule has 0 saturated carbocycles. The first-order valence-corrected chi connectivity index (χ1v) is 4.34. The number of rotatable bonds is 5. The van der Waals surface area contributed by atoms with Crippen LogP contribution in [0.15, 0.2) is 5.16 Å². The summed E-state index contributed by atoms with van der Waals surface area (Å²) in [4.78, 5) is 0. The summed E-state index contributed by atoms with van der Waals surface area (Å²) in [6.07, 6.45) is 1.49. The van der Waals surface area contributed by atoms with Gasteiger partial charge in [-0.15, -0.1) is 5.92 Å². The summed E-state index contributed by atoms with van der Waals surface area (Å²) in [6, 6.07) is 0.233. The summed E-state index contributed by atoms with van der Waals surface area (Å²) < 4.78 is 0. The third-order valence-corrected chi connectivity index (χ3v) is 1.73. The molecule has 0 heterocycles. The van der Waals surface area contributed by atoms with Gasteiger partial charge in [0.05, 0.1) is 6.54 Å². The molecule has 0 aliphatic heterocycles. The minimum Gasteiger partial charge on any atom is -0.409 e. The van der Waals surface area contributed by atoms with Gasteiger partial charge in [-0.3, -0.25) is 0 Å². The first kappa shape index (κ1) is 11.8. The Hall–Kier alpha value is -1.21. The van der Waals surface area contributed by atoms with E-state index >= 15 is 0 Å². The van der Waals surface area contributed by atoms with E-state index in [1.807, 2.05) is 6.92 Å². The van der Waals surface area contributed by atoms with Crippen LogP contribution in [0.3, 0.4) is 0 Å². The number of nitrogens with zero attached hydrogens (tertiary/aromatic N) is 1. The van der Waals surface area contributed by atoms with Crippen LogP contribution in [0.4, 0.5) is 0 Å². The van der Waals surface area contributed by atoms with Crippen molar-refractivity contribution in [3.63, 3.8) is 0 Å². The topological polar surface area (TPSA) is 70.6 Å². The van der Waals surface area contributed by atoms with Gasteiger partial charge in [-0.1, -0.05) is 18.0 Å². The van der Waals surface area contributed by atoms with Crippen LogP contribution in [0.5, 0.6) is 0 Å². The second-order valence-electron chi connectivity index (χ2n) is 2.71. The number of nitrogens with one attached hydrogen (secondary N) is 1. The van der Waals surface area contributed by atoms with Crippen molar-refractivity contribution in [2.24, 2.45) is 10.9 Å². The van der Waals surface area contributed by atoms with Gasteiger partial charge in [0.25, 0.3) is 0 Å². The molecule has 13 heavy (non-hydrogen) atoms. The van der Waals surface area contributed by atoms with Gasteiger partial charge in [0.15, 0.2) is 0 Å². The number of oxime groups is 1. The highest BCUT2D eigenvalue weighted by atomic mass is 16.4. The Morgan fingerprint density at radius 1 is 1.69 bits per heavy atom. The van der Waals surface area contributed by atoms with Crippen molar-refractivity contribution in [3.8, 4) is 11.8 Å². The van der Waals surface area contributed by atoms with Crippen LogP contribution in [-0.4, -0.2) is 23.6 Å². The van der Waals surface area contributed by atoms with Crippen molar-refractivity contribution >= 4 is 5.84 Å². The van der Waals surface area contributed by atoms with Gasteiger partial charge in [0, 0.05) is 12.5 Å². The fraction of sp³-hybridized carbons (Fsp3) is 0.667. The van der Waals surface area contributed by atoms with E-state index < -0.39 is 0 Å². The average Bonchev–Trinajstić information content (AvgIpc) is 2.16. The molecule has 0 amide bonds. The van der Waals surface area contributed by atoms with Crippen LogP contribution in [0, 0.1) is 11.8 Å². The normalized spacial score (nSPS) is 13.2. The Bertz CT molecular complexity index is 215. The van der Waals surface area contributed by atoms with E-state index in [9.17, 15) is 0 Å².